The molecule has 1 atom stereocenters. The lowest BCUT2D eigenvalue weighted by Gasteiger charge is -2.21. The van der Waals surface area contributed by atoms with Crippen molar-refractivity contribution in [2.24, 2.45) is 5.92 Å². The summed E-state index contributed by atoms with van der Waals surface area (Å²) in [7, 11) is 0. The first-order valence-electron chi connectivity index (χ1n) is 19.4. The second-order valence-electron chi connectivity index (χ2n) is 15.3. The van der Waals surface area contributed by atoms with Gasteiger partial charge in [-0.3, -0.25) is 19.7 Å². The number of aliphatic hydroxyl groups excluding tert-OH is 1. The molecule has 13 nitrogen and oxygen atoms in total. The van der Waals surface area contributed by atoms with Crippen LogP contribution in [-0.2, 0) is 4.74 Å². The van der Waals surface area contributed by atoms with E-state index in [2.05, 4.69) is 21.3 Å². The number of hydrogen-bond donors (Lipinski definition) is 5. The maximum Gasteiger partial charge on any atom is 0.412 e. The predicted molar refractivity (Wildman–Crippen MR) is 219 cm³/mol. The van der Waals surface area contributed by atoms with Gasteiger partial charge in [-0.15, -0.1) is 0 Å². The number of carbonyl (C=O) groups is 4. The summed E-state index contributed by atoms with van der Waals surface area (Å²) in [6.07, 6.45) is 2.98. The summed E-state index contributed by atoms with van der Waals surface area (Å²) in [6, 6.07) is 14.3. The number of rotatable bonds is 20. The Morgan fingerprint density at radius 1 is 0.661 bits per heavy atom. The van der Waals surface area contributed by atoms with Crippen molar-refractivity contribution in [3.05, 3.63) is 71.3 Å². The lowest BCUT2D eigenvalue weighted by Crippen LogP contribution is -2.27. The van der Waals surface area contributed by atoms with Crippen LogP contribution in [0.4, 0.5) is 21.9 Å². The number of ether oxygens (including phenoxy) is 4. The van der Waals surface area contributed by atoms with Crippen molar-refractivity contribution in [3.63, 3.8) is 0 Å². The highest BCUT2D eigenvalue weighted by molar-refractivity contribution is 6.08. The van der Waals surface area contributed by atoms with E-state index < -0.39 is 23.5 Å². The topological polar surface area (TPSA) is 174 Å². The molecule has 0 fully saturated rings. The van der Waals surface area contributed by atoms with Crippen molar-refractivity contribution in [1.82, 2.24) is 5.32 Å². The van der Waals surface area contributed by atoms with Crippen molar-refractivity contribution in [1.29, 1.82) is 0 Å². The van der Waals surface area contributed by atoms with Gasteiger partial charge in [0.1, 0.15) is 22.8 Å². The minimum Gasteiger partial charge on any atom is -0.491 e. The number of anilines is 3. The Labute approximate surface area is 331 Å². The minimum absolute atomic E-state index is 0.152. The normalized spacial score (nSPS) is 11.8. The van der Waals surface area contributed by atoms with E-state index in [0.717, 1.165) is 25.7 Å². The fourth-order valence-corrected chi connectivity index (χ4v) is 5.12. The zero-order chi connectivity index (χ0) is 41.4. The van der Waals surface area contributed by atoms with E-state index in [1.807, 2.05) is 41.5 Å². The molecule has 0 radical (unpaired) electrons. The third-order valence-corrected chi connectivity index (χ3v) is 8.07. The highest BCUT2D eigenvalue weighted by atomic mass is 16.6. The maximum atomic E-state index is 13.7. The standard InChI is InChI=1S/C43H60N4O9/c1-10-29(6)55-38-24-30(39(49)44-21-13-11-12-14-22-48)15-19-34(38)46-40(50)31-16-18-33(36(23-31)53-26-27(2)3)45-41(51)32-17-20-35(37(25-32)54-28(4)5)47-42(52)56-43(7,8)9/h15-20,23-25,27-29,48H,10-14,21-22,26H2,1-9H3,(H,44,49)(H,45,51)(H,46,50)(H,47,52). The molecule has 3 aromatic rings. The van der Waals surface area contributed by atoms with Gasteiger partial charge < -0.3 is 40.0 Å². The number of amides is 4. The summed E-state index contributed by atoms with van der Waals surface area (Å²) < 4.78 is 23.5. The zero-order valence-corrected chi connectivity index (χ0v) is 34.3. The number of aliphatic hydroxyl groups is 1. The van der Waals surface area contributed by atoms with Crippen LogP contribution in [-0.4, -0.2) is 66.5 Å². The summed E-state index contributed by atoms with van der Waals surface area (Å²) in [5, 5.41) is 20.4. The van der Waals surface area contributed by atoms with Crippen LogP contribution in [0.3, 0.4) is 0 Å². The van der Waals surface area contributed by atoms with Crippen molar-refractivity contribution in [2.75, 3.05) is 35.7 Å². The molecule has 0 saturated carbocycles. The molecule has 0 aliphatic carbocycles. The Hall–Kier alpha value is -5.30. The molecule has 4 amide bonds. The monoisotopic (exact) mass is 776 g/mol. The van der Waals surface area contributed by atoms with E-state index in [1.54, 1.807) is 69.3 Å². The van der Waals surface area contributed by atoms with E-state index in [0.29, 0.717) is 53.7 Å². The van der Waals surface area contributed by atoms with E-state index in [9.17, 15) is 19.2 Å². The molecule has 1 unspecified atom stereocenters. The molecular weight excluding hydrogens is 716 g/mol. The average molecular weight is 777 g/mol. The fourth-order valence-electron chi connectivity index (χ4n) is 5.12. The number of unbranched alkanes of at least 4 members (excludes halogenated alkanes) is 3. The smallest absolute Gasteiger partial charge is 0.412 e. The highest BCUT2D eigenvalue weighted by Crippen LogP contribution is 2.32. The quantitative estimate of drug-likeness (QED) is 0.0703. The van der Waals surface area contributed by atoms with Gasteiger partial charge in [0.2, 0.25) is 0 Å². The van der Waals surface area contributed by atoms with Crippen molar-refractivity contribution in [3.8, 4) is 17.2 Å². The van der Waals surface area contributed by atoms with E-state index in [1.165, 1.54) is 6.07 Å². The van der Waals surface area contributed by atoms with Crippen LogP contribution >= 0.6 is 0 Å². The molecule has 0 aliphatic heterocycles. The molecule has 5 N–H and O–H groups in total. The van der Waals surface area contributed by atoms with Gasteiger partial charge in [0, 0.05) is 29.8 Å². The van der Waals surface area contributed by atoms with Crippen molar-refractivity contribution >= 4 is 40.9 Å². The lowest BCUT2D eigenvalue weighted by atomic mass is 10.1. The first-order valence-corrected chi connectivity index (χ1v) is 19.4. The molecule has 0 saturated heterocycles. The second-order valence-corrected chi connectivity index (χ2v) is 15.3. The average Bonchev–Trinajstić information content (AvgIpc) is 3.12. The van der Waals surface area contributed by atoms with Gasteiger partial charge in [-0.25, -0.2) is 4.79 Å². The van der Waals surface area contributed by atoms with Crippen LogP contribution < -0.4 is 35.5 Å². The summed E-state index contributed by atoms with van der Waals surface area (Å²) in [6.45, 7) is 17.8. The first kappa shape index (κ1) is 45.1. The van der Waals surface area contributed by atoms with Crippen LogP contribution in [0.25, 0.3) is 0 Å². The zero-order valence-electron chi connectivity index (χ0n) is 34.3. The van der Waals surface area contributed by atoms with Gasteiger partial charge in [0.05, 0.1) is 35.9 Å². The SMILES string of the molecule is CCC(C)Oc1cc(C(=O)NCCCCCCO)ccc1NC(=O)c1ccc(NC(=O)c2ccc(NC(=O)OC(C)(C)C)c(OC(C)C)c2)c(OCC(C)C)c1. The first-order chi connectivity index (χ1) is 26.5. The largest absolute Gasteiger partial charge is 0.491 e. The summed E-state index contributed by atoms with van der Waals surface area (Å²) in [5.41, 5.74) is 1.31. The Kier molecular flexibility index (Phi) is 17.5. The fraction of sp³-hybridized carbons (Fsp3) is 0.488. The number of nitrogens with one attached hydrogen (secondary N) is 4. The van der Waals surface area contributed by atoms with Gasteiger partial charge in [0.25, 0.3) is 17.7 Å². The third-order valence-electron chi connectivity index (χ3n) is 8.07. The third kappa shape index (κ3) is 15.1. The molecule has 3 aromatic carbocycles. The molecule has 0 bridgehead atoms. The lowest BCUT2D eigenvalue weighted by molar-refractivity contribution is 0.0634. The van der Waals surface area contributed by atoms with E-state index >= 15 is 0 Å². The Morgan fingerprint density at radius 2 is 1.16 bits per heavy atom. The number of hydrogen-bond acceptors (Lipinski definition) is 9. The number of benzene rings is 3. The molecule has 306 valence electrons. The molecule has 0 aliphatic rings. The van der Waals surface area contributed by atoms with Crippen LogP contribution in [0.2, 0.25) is 0 Å². The van der Waals surface area contributed by atoms with Crippen LogP contribution in [0.5, 0.6) is 17.2 Å². The second kappa shape index (κ2) is 21.7. The van der Waals surface area contributed by atoms with Gasteiger partial charge in [-0.2, -0.15) is 0 Å². The van der Waals surface area contributed by atoms with Gasteiger partial charge in [-0.1, -0.05) is 33.6 Å². The van der Waals surface area contributed by atoms with Crippen LogP contribution in [0.15, 0.2) is 54.6 Å². The van der Waals surface area contributed by atoms with Gasteiger partial charge in [-0.05, 0) is 121 Å². The molecule has 3 rings (SSSR count). The van der Waals surface area contributed by atoms with Crippen LogP contribution in [0.1, 0.15) is 125 Å². The summed E-state index contributed by atoms with van der Waals surface area (Å²) in [4.78, 5) is 52.7. The Balaban J connectivity index is 1.84. The van der Waals surface area contributed by atoms with Crippen LogP contribution in [0, 0.1) is 5.92 Å². The van der Waals surface area contributed by atoms with Gasteiger partial charge in [0.15, 0.2) is 0 Å². The Bertz CT molecular complexity index is 1790. The number of carbonyl (C=O) groups excluding carboxylic acids is 4. The van der Waals surface area contributed by atoms with Gasteiger partial charge >= 0.3 is 6.09 Å². The minimum atomic E-state index is -0.702. The predicted octanol–water partition coefficient (Wildman–Crippen LogP) is 8.82. The Morgan fingerprint density at radius 3 is 1.68 bits per heavy atom. The molecule has 0 aromatic heterocycles. The summed E-state index contributed by atoms with van der Waals surface area (Å²) in [5.74, 6) is -0.0728. The molecule has 13 heteroatoms. The molecular formula is C43H60N4O9. The summed E-state index contributed by atoms with van der Waals surface area (Å²) >= 11 is 0. The van der Waals surface area contributed by atoms with E-state index in [4.69, 9.17) is 24.1 Å². The highest BCUT2D eigenvalue weighted by Gasteiger charge is 2.21. The molecule has 56 heavy (non-hydrogen) atoms. The molecule has 0 heterocycles. The van der Waals surface area contributed by atoms with E-state index in [-0.39, 0.29) is 47.5 Å². The van der Waals surface area contributed by atoms with Crippen molar-refractivity contribution in [2.45, 2.75) is 112 Å². The molecule has 0 spiro atoms. The maximum absolute atomic E-state index is 13.7. The van der Waals surface area contributed by atoms with Crippen molar-refractivity contribution < 1.29 is 43.2 Å².